The highest BCUT2D eigenvalue weighted by molar-refractivity contribution is 6.31. The Bertz CT molecular complexity index is 1750. The second-order valence-electron chi connectivity index (χ2n) is 8.15. The zero-order valence-corrected chi connectivity index (χ0v) is 18.7. The van der Waals surface area contributed by atoms with Crippen LogP contribution in [0.5, 0.6) is 0 Å². The van der Waals surface area contributed by atoms with E-state index in [1.54, 1.807) is 41.1 Å². The van der Waals surface area contributed by atoms with Crippen LogP contribution >= 0.6 is 11.6 Å². The van der Waals surface area contributed by atoms with Gasteiger partial charge >= 0.3 is 0 Å². The first kappa shape index (κ1) is 20.3. The van der Waals surface area contributed by atoms with Gasteiger partial charge < -0.3 is 0 Å². The molecular weight excluding hydrogens is 444 g/mol. The fourth-order valence-corrected chi connectivity index (χ4v) is 4.59. The number of hydrogen-bond donors (Lipinski definition) is 0. The fourth-order valence-electron chi connectivity index (χ4n) is 4.42. The van der Waals surface area contributed by atoms with E-state index in [2.05, 4.69) is 4.98 Å². The lowest BCUT2D eigenvalue weighted by Gasteiger charge is -2.07. The number of carbonyl (C=O) groups excluding carboxylic acids is 2. The van der Waals surface area contributed by atoms with Crippen LogP contribution in [-0.2, 0) is 0 Å². The number of benzene rings is 4. The average Bonchev–Trinajstić information content (AvgIpc) is 3.28. The number of carbonyl (C=O) groups is 2. The maximum atomic E-state index is 13.7. The smallest absolute Gasteiger partial charge is 0.209 e. The summed E-state index contributed by atoms with van der Waals surface area (Å²) < 4.78 is 1.71. The van der Waals surface area contributed by atoms with Crippen molar-refractivity contribution < 1.29 is 9.59 Å². The van der Waals surface area contributed by atoms with Crippen LogP contribution in [0.4, 0.5) is 0 Å². The van der Waals surface area contributed by atoms with Gasteiger partial charge in [-0.05, 0) is 41.1 Å². The van der Waals surface area contributed by atoms with E-state index in [9.17, 15) is 9.59 Å². The van der Waals surface area contributed by atoms with E-state index in [0.717, 1.165) is 16.2 Å². The van der Waals surface area contributed by atoms with Crippen molar-refractivity contribution >= 4 is 50.4 Å². The standard InChI is InChI=1S/C29H17ClN2O2/c30-22-12-13-23-25(15-22)31-17-32-26(16-24(27(23)32)28(33)19-7-2-1-3-8-19)29(34)21-11-10-18-6-4-5-9-20(18)14-21/h1-17H. The zero-order valence-electron chi connectivity index (χ0n) is 17.9. The molecule has 2 aromatic heterocycles. The first-order chi connectivity index (χ1) is 16.6. The summed E-state index contributed by atoms with van der Waals surface area (Å²) in [6.07, 6.45) is 1.59. The molecule has 5 heteroatoms. The van der Waals surface area contributed by atoms with Crippen LogP contribution in [0, 0.1) is 0 Å². The second-order valence-corrected chi connectivity index (χ2v) is 8.59. The third-order valence-corrected chi connectivity index (χ3v) is 6.32. The van der Waals surface area contributed by atoms with Gasteiger partial charge in [-0.25, -0.2) is 4.98 Å². The highest BCUT2D eigenvalue weighted by atomic mass is 35.5. The molecule has 6 rings (SSSR count). The van der Waals surface area contributed by atoms with Crippen molar-refractivity contribution in [1.82, 2.24) is 9.38 Å². The summed E-state index contributed by atoms with van der Waals surface area (Å²) in [7, 11) is 0. The van der Waals surface area contributed by atoms with Gasteiger partial charge in [0, 0.05) is 27.1 Å². The molecule has 0 saturated heterocycles. The van der Waals surface area contributed by atoms with E-state index in [-0.39, 0.29) is 11.6 Å². The SMILES string of the molecule is O=C(c1ccccc1)c1cc(C(=O)c2ccc3ccccc3c2)n2cnc3cc(Cl)ccc3c12. The highest BCUT2D eigenvalue weighted by Crippen LogP contribution is 2.30. The van der Waals surface area contributed by atoms with Crippen LogP contribution in [0.1, 0.15) is 32.0 Å². The van der Waals surface area contributed by atoms with E-state index in [0.29, 0.717) is 38.4 Å². The second kappa shape index (κ2) is 7.94. The lowest BCUT2D eigenvalue weighted by molar-refractivity contribution is 0.103. The van der Waals surface area contributed by atoms with E-state index < -0.39 is 0 Å². The minimum Gasteiger partial charge on any atom is -0.296 e. The molecule has 4 nitrogen and oxygen atoms in total. The maximum absolute atomic E-state index is 13.7. The maximum Gasteiger partial charge on any atom is 0.209 e. The number of nitrogens with zero attached hydrogens (tertiary/aromatic N) is 2. The van der Waals surface area contributed by atoms with Gasteiger partial charge in [0.2, 0.25) is 5.78 Å². The quantitative estimate of drug-likeness (QED) is 0.273. The van der Waals surface area contributed by atoms with E-state index in [1.807, 2.05) is 66.7 Å². The van der Waals surface area contributed by atoms with Crippen molar-refractivity contribution in [3.63, 3.8) is 0 Å². The van der Waals surface area contributed by atoms with Crippen molar-refractivity contribution in [3.05, 3.63) is 131 Å². The zero-order chi connectivity index (χ0) is 23.2. The van der Waals surface area contributed by atoms with Gasteiger partial charge in [-0.3, -0.25) is 14.0 Å². The van der Waals surface area contributed by atoms with Crippen molar-refractivity contribution in [2.45, 2.75) is 0 Å². The van der Waals surface area contributed by atoms with Gasteiger partial charge in [-0.1, -0.05) is 78.3 Å². The normalized spacial score (nSPS) is 11.3. The van der Waals surface area contributed by atoms with Crippen LogP contribution in [0.25, 0.3) is 27.2 Å². The Balaban J connectivity index is 1.60. The molecule has 0 aliphatic carbocycles. The number of ketones is 2. The Hall–Kier alpha value is -4.28. The Kier molecular flexibility index (Phi) is 4.75. The molecule has 162 valence electrons. The van der Waals surface area contributed by atoms with Gasteiger partial charge in [-0.15, -0.1) is 0 Å². The predicted molar refractivity (Wildman–Crippen MR) is 135 cm³/mol. The summed E-state index contributed by atoms with van der Waals surface area (Å²) in [5.41, 5.74) is 3.23. The first-order valence-corrected chi connectivity index (χ1v) is 11.2. The monoisotopic (exact) mass is 460 g/mol. The number of halogens is 1. The van der Waals surface area contributed by atoms with Crippen LogP contribution in [-0.4, -0.2) is 21.0 Å². The largest absolute Gasteiger partial charge is 0.296 e. The molecule has 0 N–H and O–H groups in total. The molecule has 0 amide bonds. The molecule has 0 aliphatic heterocycles. The Morgan fingerprint density at radius 2 is 1.47 bits per heavy atom. The molecule has 0 radical (unpaired) electrons. The number of aromatic nitrogens is 2. The van der Waals surface area contributed by atoms with E-state index in [1.165, 1.54) is 0 Å². The lowest BCUT2D eigenvalue weighted by atomic mass is 10.0. The van der Waals surface area contributed by atoms with Gasteiger partial charge in [0.05, 0.1) is 16.7 Å². The molecule has 34 heavy (non-hydrogen) atoms. The summed E-state index contributed by atoms with van der Waals surface area (Å²) in [5.74, 6) is -0.332. The van der Waals surface area contributed by atoms with E-state index in [4.69, 9.17) is 11.6 Å². The summed E-state index contributed by atoms with van der Waals surface area (Å²) in [5, 5.41) is 3.35. The molecule has 0 spiro atoms. The topological polar surface area (TPSA) is 51.4 Å². The summed E-state index contributed by atoms with van der Waals surface area (Å²) in [6.45, 7) is 0. The molecule has 0 bridgehead atoms. The lowest BCUT2D eigenvalue weighted by Crippen LogP contribution is -2.05. The minimum absolute atomic E-state index is 0.155. The molecule has 0 aliphatic rings. The molecule has 2 heterocycles. The van der Waals surface area contributed by atoms with Crippen LogP contribution in [0.3, 0.4) is 0 Å². The van der Waals surface area contributed by atoms with Crippen molar-refractivity contribution in [2.75, 3.05) is 0 Å². The average molecular weight is 461 g/mol. The van der Waals surface area contributed by atoms with Crippen LogP contribution in [0.2, 0.25) is 5.02 Å². The third kappa shape index (κ3) is 3.28. The van der Waals surface area contributed by atoms with Gasteiger partial charge in [-0.2, -0.15) is 0 Å². The fraction of sp³-hybridized carbons (Fsp3) is 0. The van der Waals surface area contributed by atoms with Crippen LogP contribution in [0.15, 0.2) is 103 Å². The van der Waals surface area contributed by atoms with E-state index >= 15 is 0 Å². The Morgan fingerprint density at radius 3 is 2.29 bits per heavy atom. The highest BCUT2D eigenvalue weighted by Gasteiger charge is 2.23. The molecule has 4 aromatic carbocycles. The molecular formula is C29H17ClN2O2. The summed E-state index contributed by atoms with van der Waals surface area (Å²) in [6, 6.07) is 29.6. The third-order valence-electron chi connectivity index (χ3n) is 6.09. The first-order valence-electron chi connectivity index (χ1n) is 10.8. The minimum atomic E-state index is -0.178. The molecule has 0 unspecified atom stereocenters. The Morgan fingerprint density at radius 1 is 0.706 bits per heavy atom. The summed E-state index contributed by atoms with van der Waals surface area (Å²) >= 11 is 6.18. The van der Waals surface area contributed by atoms with Crippen molar-refractivity contribution in [2.24, 2.45) is 0 Å². The van der Waals surface area contributed by atoms with Crippen molar-refractivity contribution in [3.8, 4) is 0 Å². The molecule has 0 atom stereocenters. The molecule has 0 saturated carbocycles. The Labute approximate surface area is 200 Å². The molecule has 0 fully saturated rings. The number of hydrogen-bond acceptors (Lipinski definition) is 3. The van der Waals surface area contributed by atoms with Gasteiger partial charge in [0.25, 0.3) is 0 Å². The van der Waals surface area contributed by atoms with Crippen molar-refractivity contribution in [1.29, 1.82) is 0 Å². The van der Waals surface area contributed by atoms with Gasteiger partial charge in [0.1, 0.15) is 6.33 Å². The summed E-state index contributed by atoms with van der Waals surface area (Å²) in [4.78, 5) is 31.7. The van der Waals surface area contributed by atoms with Gasteiger partial charge in [0.15, 0.2) is 5.78 Å². The molecule has 6 aromatic rings. The van der Waals surface area contributed by atoms with Crippen LogP contribution < -0.4 is 0 Å². The predicted octanol–water partition coefficient (Wildman–Crippen LogP) is 6.76. The number of rotatable bonds is 4. The number of fused-ring (bicyclic) bond motifs is 4.